The summed E-state index contributed by atoms with van der Waals surface area (Å²) in [6, 6.07) is 0.444. The van der Waals surface area contributed by atoms with Gasteiger partial charge >= 0.3 is 0 Å². The van der Waals surface area contributed by atoms with Crippen LogP contribution in [0.2, 0.25) is 0 Å². The van der Waals surface area contributed by atoms with E-state index in [0.29, 0.717) is 12.5 Å². The highest BCUT2D eigenvalue weighted by molar-refractivity contribution is 8.00. The lowest BCUT2D eigenvalue weighted by molar-refractivity contribution is -0.121. The van der Waals surface area contributed by atoms with Gasteiger partial charge in [0.15, 0.2) is 0 Å². The van der Waals surface area contributed by atoms with Gasteiger partial charge in [-0.25, -0.2) is 0 Å². The van der Waals surface area contributed by atoms with Gasteiger partial charge in [-0.05, 0) is 19.1 Å². The summed E-state index contributed by atoms with van der Waals surface area (Å²) in [4.78, 5) is 11.7. The van der Waals surface area contributed by atoms with Crippen molar-refractivity contribution in [2.75, 3.05) is 19.3 Å². The van der Waals surface area contributed by atoms with E-state index < -0.39 is 0 Å². The largest absolute Gasteiger partial charge is 0.355 e. The predicted molar refractivity (Wildman–Crippen MR) is 77.6 cm³/mol. The molecule has 0 aliphatic heterocycles. The predicted octanol–water partition coefficient (Wildman–Crippen LogP) is 2.41. The number of carbonyl (C=O) groups is 1. The van der Waals surface area contributed by atoms with Crippen LogP contribution >= 0.6 is 11.8 Å². The average Bonchev–Trinajstić information content (AvgIpc) is 2.31. The van der Waals surface area contributed by atoms with Crippen molar-refractivity contribution in [3.8, 4) is 0 Å². The maximum Gasteiger partial charge on any atom is 0.221 e. The molecule has 4 heteroatoms. The zero-order valence-corrected chi connectivity index (χ0v) is 12.7. The molecule has 2 N–H and O–H groups in total. The van der Waals surface area contributed by atoms with E-state index in [2.05, 4.69) is 44.6 Å². The first kappa shape index (κ1) is 16.8. The van der Waals surface area contributed by atoms with Crippen LogP contribution in [0.15, 0.2) is 0 Å². The van der Waals surface area contributed by atoms with E-state index in [9.17, 15) is 4.79 Å². The molecule has 0 heterocycles. The fourth-order valence-electron chi connectivity index (χ4n) is 1.68. The van der Waals surface area contributed by atoms with Crippen LogP contribution in [0.3, 0.4) is 0 Å². The van der Waals surface area contributed by atoms with Gasteiger partial charge in [-0.1, -0.05) is 27.7 Å². The van der Waals surface area contributed by atoms with Gasteiger partial charge in [0.05, 0.1) is 0 Å². The lowest BCUT2D eigenvalue weighted by atomic mass is 10.0. The summed E-state index contributed by atoms with van der Waals surface area (Å²) in [6.45, 7) is 10.1. The molecule has 0 atom stereocenters. The molecule has 3 nitrogen and oxygen atoms in total. The summed E-state index contributed by atoms with van der Waals surface area (Å²) >= 11 is 1.86. The first-order valence-electron chi connectivity index (χ1n) is 6.55. The molecule has 102 valence electrons. The van der Waals surface area contributed by atoms with Crippen molar-refractivity contribution in [2.24, 2.45) is 0 Å². The van der Waals surface area contributed by atoms with Crippen molar-refractivity contribution in [3.63, 3.8) is 0 Å². The minimum Gasteiger partial charge on any atom is -0.355 e. The summed E-state index contributed by atoms with van der Waals surface area (Å²) in [5.74, 6) is 0.151. The minimum absolute atomic E-state index is 0.151. The molecule has 0 aromatic rings. The number of nitrogens with one attached hydrogen (secondary N) is 2. The Morgan fingerprint density at radius 3 is 2.29 bits per heavy atom. The summed E-state index contributed by atoms with van der Waals surface area (Å²) in [5, 5.41) is 6.30. The van der Waals surface area contributed by atoms with E-state index >= 15 is 0 Å². The number of carbonyl (C=O) groups excluding carboxylic acids is 1. The van der Waals surface area contributed by atoms with Crippen LogP contribution < -0.4 is 10.6 Å². The van der Waals surface area contributed by atoms with E-state index in [1.54, 1.807) is 0 Å². The molecular formula is C13H28N2OS. The number of hydrogen-bond donors (Lipinski definition) is 2. The van der Waals surface area contributed by atoms with Crippen molar-refractivity contribution < 1.29 is 4.79 Å². The van der Waals surface area contributed by atoms with E-state index in [-0.39, 0.29) is 10.7 Å². The van der Waals surface area contributed by atoms with Gasteiger partial charge in [0.25, 0.3) is 0 Å². The second-order valence-electron chi connectivity index (χ2n) is 4.73. The van der Waals surface area contributed by atoms with Gasteiger partial charge in [-0.2, -0.15) is 11.8 Å². The summed E-state index contributed by atoms with van der Waals surface area (Å²) < 4.78 is 0.209. The molecule has 0 unspecified atom stereocenters. The summed E-state index contributed by atoms with van der Waals surface area (Å²) in [7, 11) is 0. The van der Waals surface area contributed by atoms with Gasteiger partial charge in [0.1, 0.15) is 0 Å². The number of rotatable bonds is 9. The second-order valence-corrected chi connectivity index (χ2v) is 6.00. The highest BCUT2D eigenvalue weighted by Crippen LogP contribution is 2.29. The van der Waals surface area contributed by atoms with Crippen LogP contribution in [-0.4, -0.2) is 36.0 Å². The Kier molecular flexibility index (Phi) is 8.70. The molecule has 0 fully saturated rings. The Morgan fingerprint density at radius 1 is 1.29 bits per heavy atom. The third-order valence-electron chi connectivity index (χ3n) is 3.23. The monoisotopic (exact) mass is 260 g/mol. The van der Waals surface area contributed by atoms with Gasteiger partial charge in [0, 0.05) is 30.3 Å². The highest BCUT2D eigenvalue weighted by Gasteiger charge is 2.25. The fourth-order valence-corrected chi connectivity index (χ4v) is 2.48. The molecule has 0 radical (unpaired) electrons. The zero-order chi connectivity index (χ0) is 13.3. The molecular weight excluding hydrogens is 232 g/mol. The lowest BCUT2D eigenvalue weighted by Gasteiger charge is -2.29. The Labute approximate surface area is 111 Å². The van der Waals surface area contributed by atoms with E-state index in [0.717, 1.165) is 25.9 Å². The average molecular weight is 260 g/mol. The molecule has 0 bridgehead atoms. The third-order valence-corrected chi connectivity index (χ3v) is 4.82. The first-order chi connectivity index (χ1) is 7.99. The molecule has 1 amide bonds. The van der Waals surface area contributed by atoms with Crippen LogP contribution in [0, 0.1) is 0 Å². The Bertz CT molecular complexity index is 207. The van der Waals surface area contributed by atoms with Crippen molar-refractivity contribution in [2.45, 2.75) is 57.7 Å². The molecule has 17 heavy (non-hydrogen) atoms. The summed E-state index contributed by atoms with van der Waals surface area (Å²) in [6.07, 6.45) is 4.87. The second kappa shape index (κ2) is 8.81. The van der Waals surface area contributed by atoms with Crippen molar-refractivity contribution in [1.29, 1.82) is 0 Å². The maximum absolute atomic E-state index is 11.7. The van der Waals surface area contributed by atoms with Crippen LogP contribution in [-0.2, 0) is 4.79 Å². The molecule has 0 aromatic heterocycles. The Morgan fingerprint density at radius 2 is 1.88 bits per heavy atom. The van der Waals surface area contributed by atoms with Crippen molar-refractivity contribution in [1.82, 2.24) is 10.6 Å². The molecule has 0 aliphatic carbocycles. The molecule has 0 saturated heterocycles. The van der Waals surface area contributed by atoms with Crippen LogP contribution in [0.4, 0.5) is 0 Å². The van der Waals surface area contributed by atoms with E-state index in [1.165, 1.54) is 0 Å². The minimum atomic E-state index is 0.151. The fraction of sp³-hybridized carbons (Fsp3) is 0.923. The van der Waals surface area contributed by atoms with Gasteiger partial charge in [0.2, 0.25) is 5.91 Å². The van der Waals surface area contributed by atoms with Crippen molar-refractivity contribution >= 4 is 17.7 Å². The van der Waals surface area contributed by atoms with Crippen LogP contribution in [0.5, 0.6) is 0 Å². The van der Waals surface area contributed by atoms with E-state index in [4.69, 9.17) is 0 Å². The standard InChI is InChI=1S/C13H28N2OS/c1-6-13(7-2,17-5)10-15-12(16)8-9-14-11(3)4/h11,14H,6-10H2,1-5H3,(H,15,16). The van der Waals surface area contributed by atoms with E-state index in [1.807, 2.05) is 11.8 Å². The van der Waals surface area contributed by atoms with Gasteiger partial charge in [-0.15, -0.1) is 0 Å². The van der Waals surface area contributed by atoms with Crippen molar-refractivity contribution in [3.05, 3.63) is 0 Å². The quantitative estimate of drug-likeness (QED) is 0.669. The molecule has 0 spiro atoms. The highest BCUT2D eigenvalue weighted by atomic mass is 32.2. The van der Waals surface area contributed by atoms with Gasteiger partial charge in [-0.3, -0.25) is 4.79 Å². The van der Waals surface area contributed by atoms with Gasteiger partial charge < -0.3 is 10.6 Å². The topological polar surface area (TPSA) is 41.1 Å². The molecule has 0 aromatic carbocycles. The number of thioether (sulfide) groups is 1. The normalized spacial score (nSPS) is 11.9. The molecule has 0 rings (SSSR count). The van der Waals surface area contributed by atoms with Crippen LogP contribution in [0.25, 0.3) is 0 Å². The van der Waals surface area contributed by atoms with Crippen LogP contribution in [0.1, 0.15) is 47.0 Å². The number of amides is 1. The first-order valence-corrected chi connectivity index (χ1v) is 7.77. The smallest absolute Gasteiger partial charge is 0.221 e. The third kappa shape index (κ3) is 6.94. The Balaban J connectivity index is 3.89. The molecule has 0 aliphatic rings. The Hall–Kier alpha value is -0.220. The maximum atomic E-state index is 11.7. The molecule has 0 saturated carbocycles. The zero-order valence-electron chi connectivity index (χ0n) is 11.9. The lowest BCUT2D eigenvalue weighted by Crippen LogP contribution is -2.40. The summed E-state index contributed by atoms with van der Waals surface area (Å²) in [5.41, 5.74) is 0. The SMILES string of the molecule is CCC(CC)(CNC(=O)CCNC(C)C)SC. The number of hydrogen-bond acceptors (Lipinski definition) is 3.